The minimum atomic E-state index is -0.495. The van der Waals surface area contributed by atoms with Gasteiger partial charge in [-0.1, -0.05) is 18.6 Å². The molecule has 0 spiro atoms. The zero-order valence-corrected chi connectivity index (χ0v) is 14.5. The zero-order valence-electron chi connectivity index (χ0n) is 14.5. The molecule has 1 saturated heterocycles. The van der Waals surface area contributed by atoms with Gasteiger partial charge in [0.2, 0.25) is 11.8 Å². The van der Waals surface area contributed by atoms with Gasteiger partial charge in [-0.25, -0.2) is 0 Å². The van der Waals surface area contributed by atoms with Crippen molar-refractivity contribution in [3.63, 3.8) is 0 Å². The summed E-state index contributed by atoms with van der Waals surface area (Å²) in [6, 6.07) is 7.09. The van der Waals surface area contributed by atoms with Gasteiger partial charge in [0.05, 0.1) is 6.04 Å². The summed E-state index contributed by atoms with van der Waals surface area (Å²) in [5.41, 5.74) is 7.80. The molecule has 136 valence electrons. The molecule has 1 heterocycles. The fourth-order valence-corrected chi connectivity index (χ4v) is 3.27. The molecule has 1 saturated carbocycles. The van der Waals surface area contributed by atoms with E-state index in [2.05, 4.69) is 10.6 Å². The lowest BCUT2D eigenvalue weighted by Crippen LogP contribution is -2.46. The van der Waals surface area contributed by atoms with Gasteiger partial charge in [-0.2, -0.15) is 0 Å². The van der Waals surface area contributed by atoms with Gasteiger partial charge < -0.3 is 21.1 Å². The van der Waals surface area contributed by atoms with E-state index in [1.54, 1.807) is 0 Å². The molecule has 25 heavy (non-hydrogen) atoms. The fourth-order valence-electron chi connectivity index (χ4n) is 3.27. The molecule has 1 aliphatic carbocycles. The Morgan fingerprint density at radius 2 is 1.96 bits per heavy atom. The van der Waals surface area contributed by atoms with Crippen LogP contribution in [0.5, 0.6) is 0 Å². The Balaban J connectivity index is 1.49. The Bertz CT molecular complexity index is 610. The summed E-state index contributed by atoms with van der Waals surface area (Å²) in [6.45, 7) is 1.76. The monoisotopic (exact) mass is 345 g/mol. The normalized spacial score (nSPS) is 19.7. The molecule has 4 N–H and O–H groups in total. The predicted molar refractivity (Wildman–Crippen MR) is 95.8 cm³/mol. The number of nitrogens with one attached hydrogen (secondary N) is 2. The minimum absolute atomic E-state index is 0.0916. The van der Waals surface area contributed by atoms with Crippen LogP contribution in [0.4, 0.5) is 5.69 Å². The van der Waals surface area contributed by atoms with E-state index in [0.717, 1.165) is 43.4 Å². The number of ether oxygens (including phenoxy) is 1. The second kappa shape index (κ2) is 8.45. The molecule has 2 amide bonds. The summed E-state index contributed by atoms with van der Waals surface area (Å²) in [5, 5.41) is 5.86. The van der Waals surface area contributed by atoms with E-state index in [0.29, 0.717) is 19.8 Å². The van der Waals surface area contributed by atoms with Gasteiger partial charge in [0.1, 0.15) is 0 Å². The largest absolute Gasteiger partial charge is 0.381 e. The van der Waals surface area contributed by atoms with Crippen molar-refractivity contribution in [3.8, 4) is 0 Å². The molecule has 1 unspecified atom stereocenters. The lowest BCUT2D eigenvalue weighted by molar-refractivity contribution is -0.124. The van der Waals surface area contributed by atoms with Crippen molar-refractivity contribution in [2.45, 2.75) is 44.7 Å². The number of carbonyl (C=O) groups is 2. The van der Waals surface area contributed by atoms with Gasteiger partial charge in [-0.05, 0) is 49.3 Å². The third-order valence-corrected chi connectivity index (χ3v) is 5.21. The maximum Gasteiger partial charge on any atom is 0.237 e. The van der Waals surface area contributed by atoms with E-state index in [1.807, 2.05) is 24.3 Å². The number of benzene rings is 1. The van der Waals surface area contributed by atoms with Gasteiger partial charge in [-0.3, -0.25) is 9.59 Å². The van der Waals surface area contributed by atoms with Crippen LogP contribution in [0, 0.1) is 11.8 Å². The van der Waals surface area contributed by atoms with Crippen LogP contribution in [0.25, 0.3) is 0 Å². The predicted octanol–water partition coefficient (Wildman–Crippen LogP) is 1.80. The van der Waals surface area contributed by atoms with E-state index < -0.39 is 6.04 Å². The van der Waals surface area contributed by atoms with Gasteiger partial charge in [-0.15, -0.1) is 0 Å². The van der Waals surface area contributed by atoms with Crippen molar-refractivity contribution in [1.29, 1.82) is 0 Å². The second-order valence-corrected chi connectivity index (χ2v) is 7.01. The van der Waals surface area contributed by atoms with Crippen LogP contribution >= 0.6 is 0 Å². The maximum absolute atomic E-state index is 12.3. The Labute approximate surface area is 148 Å². The van der Waals surface area contributed by atoms with Crippen LogP contribution in [-0.2, 0) is 20.9 Å². The van der Waals surface area contributed by atoms with Gasteiger partial charge in [0, 0.05) is 31.4 Å². The van der Waals surface area contributed by atoms with Crippen molar-refractivity contribution in [2.75, 3.05) is 18.5 Å². The summed E-state index contributed by atoms with van der Waals surface area (Å²) in [6.07, 6.45) is 4.75. The molecular weight excluding hydrogens is 318 g/mol. The first-order chi connectivity index (χ1) is 12.1. The number of amides is 2. The first kappa shape index (κ1) is 17.9. The first-order valence-electron chi connectivity index (χ1n) is 9.14. The Hall–Kier alpha value is -1.92. The van der Waals surface area contributed by atoms with Crippen molar-refractivity contribution >= 4 is 17.5 Å². The van der Waals surface area contributed by atoms with Gasteiger partial charge in [0.15, 0.2) is 0 Å². The number of hydrogen-bond acceptors (Lipinski definition) is 4. The smallest absolute Gasteiger partial charge is 0.237 e. The third kappa shape index (κ3) is 4.80. The van der Waals surface area contributed by atoms with Crippen LogP contribution in [-0.4, -0.2) is 31.1 Å². The molecule has 0 aromatic heterocycles. The van der Waals surface area contributed by atoms with E-state index in [-0.39, 0.29) is 23.7 Å². The highest BCUT2D eigenvalue weighted by Gasteiger charge is 2.26. The van der Waals surface area contributed by atoms with Crippen molar-refractivity contribution in [2.24, 2.45) is 17.6 Å². The molecule has 2 aliphatic rings. The Morgan fingerprint density at radius 1 is 1.20 bits per heavy atom. The molecule has 3 rings (SSSR count). The van der Waals surface area contributed by atoms with Crippen LogP contribution in [0.1, 0.15) is 37.7 Å². The lowest BCUT2D eigenvalue weighted by atomic mass is 9.85. The van der Waals surface area contributed by atoms with E-state index >= 15 is 0 Å². The van der Waals surface area contributed by atoms with Crippen LogP contribution in [0.2, 0.25) is 0 Å². The molecule has 0 radical (unpaired) electrons. The molecule has 6 heteroatoms. The number of carbonyl (C=O) groups excluding carboxylic acids is 2. The van der Waals surface area contributed by atoms with Crippen LogP contribution < -0.4 is 16.4 Å². The molecule has 1 aromatic rings. The Morgan fingerprint density at radius 3 is 2.64 bits per heavy atom. The Kier molecular flexibility index (Phi) is 6.04. The summed E-state index contributed by atoms with van der Waals surface area (Å²) < 4.78 is 5.31. The molecule has 6 nitrogen and oxygen atoms in total. The highest BCUT2D eigenvalue weighted by molar-refractivity contribution is 5.93. The summed E-state index contributed by atoms with van der Waals surface area (Å²) in [4.78, 5) is 24.3. The molecule has 0 bridgehead atoms. The molecule has 1 aliphatic heterocycles. The fraction of sp³-hybridized carbons (Fsp3) is 0.579. The average Bonchev–Trinajstić information content (AvgIpc) is 2.58. The quantitative estimate of drug-likeness (QED) is 0.733. The highest BCUT2D eigenvalue weighted by atomic mass is 16.5. The lowest BCUT2D eigenvalue weighted by Gasteiger charge is -2.26. The summed E-state index contributed by atoms with van der Waals surface area (Å²) >= 11 is 0. The standard InChI is InChI=1S/C19H27N3O3/c20-17(14-7-9-25-10-8-14)19(24)21-12-13-3-1-6-16(11-13)22-18(23)15-4-2-5-15/h1,3,6,11,14-15,17H,2,4-5,7-10,12,20H2,(H,21,24)(H,22,23). The summed E-state index contributed by atoms with van der Waals surface area (Å²) in [5.74, 6) is 0.299. The SMILES string of the molecule is NC(C(=O)NCc1cccc(NC(=O)C2CCC2)c1)C1CCOCC1. The van der Waals surface area contributed by atoms with E-state index in [9.17, 15) is 9.59 Å². The number of nitrogens with two attached hydrogens (primary N) is 1. The molecule has 1 atom stereocenters. The van der Waals surface area contributed by atoms with Crippen molar-refractivity contribution < 1.29 is 14.3 Å². The highest BCUT2D eigenvalue weighted by Crippen LogP contribution is 2.27. The second-order valence-electron chi connectivity index (χ2n) is 7.01. The van der Waals surface area contributed by atoms with Crippen LogP contribution in [0.15, 0.2) is 24.3 Å². The van der Waals surface area contributed by atoms with E-state index in [4.69, 9.17) is 10.5 Å². The molecule has 2 fully saturated rings. The number of rotatable bonds is 6. The van der Waals surface area contributed by atoms with E-state index in [1.165, 1.54) is 0 Å². The zero-order chi connectivity index (χ0) is 17.6. The minimum Gasteiger partial charge on any atom is -0.381 e. The first-order valence-corrected chi connectivity index (χ1v) is 9.14. The number of anilines is 1. The average molecular weight is 345 g/mol. The number of hydrogen-bond donors (Lipinski definition) is 3. The van der Waals surface area contributed by atoms with Crippen molar-refractivity contribution in [1.82, 2.24) is 5.32 Å². The maximum atomic E-state index is 12.3. The molecule has 1 aromatic carbocycles. The van der Waals surface area contributed by atoms with Crippen molar-refractivity contribution in [3.05, 3.63) is 29.8 Å². The van der Waals surface area contributed by atoms with Gasteiger partial charge >= 0.3 is 0 Å². The summed E-state index contributed by atoms with van der Waals surface area (Å²) in [7, 11) is 0. The topological polar surface area (TPSA) is 93.5 Å². The third-order valence-electron chi connectivity index (χ3n) is 5.21. The molecular formula is C19H27N3O3. The van der Waals surface area contributed by atoms with Crippen LogP contribution in [0.3, 0.4) is 0 Å². The van der Waals surface area contributed by atoms with Gasteiger partial charge in [0.25, 0.3) is 0 Å².